The highest BCUT2D eigenvalue weighted by Gasteiger charge is 2.54. The molecular formula is C19H15BrClN3O. The fourth-order valence-electron chi connectivity index (χ4n) is 4.25. The van der Waals surface area contributed by atoms with Crippen LogP contribution in [0.25, 0.3) is 10.9 Å². The lowest BCUT2D eigenvalue weighted by atomic mass is 9.82. The van der Waals surface area contributed by atoms with Crippen molar-refractivity contribution < 1.29 is 4.79 Å². The zero-order chi connectivity index (χ0) is 17.3. The van der Waals surface area contributed by atoms with Gasteiger partial charge in [0, 0.05) is 45.2 Å². The molecule has 0 fully saturated rings. The number of likely N-dealkylation sites (N-methyl/N-ethyl adjacent to an activating group) is 1. The highest BCUT2D eigenvalue weighted by Crippen LogP contribution is 2.48. The molecule has 2 N–H and O–H groups in total. The van der Waals surface area contributed by atoms with E-state index in [1.807, 2.05) is 43.4 Å². The number of hydrogen-bond donors (Lipinski definition) is 2. The van der Waals surface area contributed by atoms with Gasteiger partial charge in [-0.3, -0.25) is 10.1 Å². The molecule has 3 aromatic rings. The topological polar surface area (TPSA) is 48.1 Å². The molecule has 0 radical (unpaired) electrons. The van der Waals surface area contributed by atoms with Crippen molar-refractivity contribution in [3.63, 3.8) is 0 Å². The summed E-state index contributed by atoms with van der Waals surface area (Å²) in [7, 11) is 1.83. The molecular weight excluding hydrogens is 402 g/mol. The number of amides is 1. The first-order valence-electron chi connectivity index (χ1n) is 8.16. The van der Waals surface area contributed by atoms with Gasteiger partial charge in [0.15, 0.2) is 5.54 Å². The van der Waals surface area contributed by atoms with Crippen molar-refractivity contribution in [3.8, 4) is 0 Å². The van der Waals surface area contributed by atoms with E-state index in [4.69, 9.17) is 11.6 Å². The maximum absolute atomic E-state index is 13.4. The lowest BCUT2D eigenvalue weighted by Gasteiger charge is -2.34. The first-order valence-corrected chi connectivity index (χ1v) is 9.33. The second kappa shape index (κ2) is 5.10. The van der Waals surface area contributed by atoms with Gasteiger partial charge < -0.3 is 9.88 Å². The minimum atomic E-state index is -0.868. The summed E-state index contributed by atoms with van der Waals surface area (Å²) in [6.45, 7) is 0.734. The number of hydrogen-bond acceptors (Lipinski definition) is 2. The van der Waals surface area contributed by atoms with Gasteiger partial charge in [-0.05, 0) is 48.4 Å². The molecule has 2 aliphatic rings. The average Bonchev–Trinajstić information content (AvgIpc) is 3.06. The highest BCUT2D eigenvalue weighted by molar-refractivity contribution is 9.10. The standard InChI is InChI=1S/C19H15BrClN3O/c1-24-16-5-2-10(20)8-14(16)19(18(24)25)17-12(6-7-22-19)13-9-11(21)3-4-15(13)23-17/h2-5,8-9,22-23H,6-7H2,1H3. The van der Waals surface area contributed by atoms with Gasteiger partial charge in [-0.15, -0.1) is 0 Å². The number of aromatic nitrogens is 1. The van der Waals surface area contributed by atoms with Crippen molar-refractivity contribution in [1.82, 2.24) is 10.3 Å². The van der Waals surface area contributed by atoms with Gasteiger partial charge in [-0.1, -0.05) is 27.5 Å². The molecule has 126 valence electrons. The summed E-state index contributed by atoms with van der Waals surface area (Å²) in [5.41, 5.74) is 4.16. The van der Waals surface area contributed by atoms with E-state index in [-0.39, 0.29) is 5.91 Å². The SMILES string of the molecule is CN1C(=O)C2(NCCc3c2[nH]c2ccc(Cl)cc32)c2cc(Br)ccc21. The monoisotopic (exact) mass is 415 g/mol. The van der Waals surface area contributed by atoms with Crippen molar-refractivity contribution in [3.05, 3.63) is 62.7 Å². The number of nitrogens with one attached hydrogen (secondary N) is 2. The Balaban J connectivity index is 1.87. The molecule has 0 bridgehead atoms. The molecule has 5 rings (SSSR count). The van der Waals surface area contributed by atoms with Crippen LogP contribution >= 0.6 is 27.5 Å². The number of anilines is 1. The third-order valence-corrected chi connectivity index (χ3v) is 6.09. The number of aromatic amines is 1. The van der Waals surface area contributed by atoms with E-state index in [1.54, 1.807) is 4.90 Å². The third-order valence-electron chi connectivity index (χ3n) is 5.36. The maximum atomic E-state index is 13.4. The van der Waals surface area contributed by atoms with Crippen molar-refractivity contribution in [2.45, 2.75) is 12.0 Å². The lowest BCUT2D eigenvalue weighted by Crippen LogP contribution is -2.54. The second-order valence-corrected chi connectivity index (χ2v) is 7.97. The van der Waals surface area contributed by atoms with Gasteiger partial charge in [0.1, 0.15) is 0 Å². The number of halogens is 2. The molecule has 1 spiro atoms. The molecule has 1 unspecified atom stereocenters. The van der Waals surface area contributed by atoms with E-state index in [0.717, 1.165) is 45.3 Å². The molecule has 1 amide bonds. The molecule has 0 saturated heterocycles. The van der Waals surface area contributed by atoms with Crippen LogP contribution in [0.4, 0.5) is 5.69 Å². The first kappa shape index (κ1) is 15.4. The number of carbonyl (C=O) groups excluding carboxylic acids is 1. The van der Waals surface area contributed by atoms with Crippen LogP contribution in [0.2, 0.25) is 5.02 Å². The van der Waals surface area contributed by atoms with Gasteiger partial charge in [0.2, 0.25) is 0 Å². The summed E-state index contributed by atoms with van der Waals surface area (Å²) >= 11 is 9.77. The Hall–Kier alpha value is -1.82. The smallest absolute Gasteiger partial charge is 0.257 e. The Kier molecular flexibility index (Phi) is 3.15. The lowest BCUT2D eigenvalue weighted by molar-refractivity contribution is -0.122. The van der Waals surface area contributed by atoms with Gasteiger partial charge in [-0.2, -0.15) is 0 Å². The predicted molar refractivity (Wildman–Crippen MR) is 103 cm³/mol. The Bertz CT molecular complexity index is 1060. The minimum absolute atomic E-state index is 0.0409. The Morgan fingerprint density at radius 2 is 2.08 bits per heavy atom. The van der Waals surface area contributed by atoms with Gasteiger partial charge in [-0.25, -0.2) is 0 Å². The number of carbonyl (C=O) groups is 1. The zero-order valence-electron chi connectivity index (χ0n) is 13.5. The van der Waals surface area contributed by atoms with Crippen LogP contribution < -0.4 is 10.2 Å². The Morgan fingerprint density at radius 3 is 2.92 bits per heavy atom. The van der Waals surface area contributed by atoms with E-state index in [0.29, 0.717) is 5.02 Å². The van der Waals surface area contributed by atoms with Crippen LogP contribution in [-0.4, -0.2) is 24.5 Å². The quantitative estimate of drug-likeness (QED) is 0.583. The molecule has 3 heterocycles. The summed E-state index contributed by atoms with van der Waals surface area (Å²) in [6.07, 6.45) is 0.859. The largest absolute Gasteiger partial charge is 0.356 e. The van der Waals surface area contributed by atoms with E-state index in [1.165, 1.54) is 5.56 Å². The van der Waals surface area contributed by atoms with E-state index >= 15 is 0 Å². The molecule has 6 heteroatoms. The maximum Gasteiger partial charge on any atom is 0.257 e. The van der Waals surface area contributed by atoms with Gasteiger partial charge in [0.25, 0.3) is 5.91 Å². The molecule has 1 atom stereocenters. The molecule has 2 aromatic carbocycles. The molecule has 4 nitrogen and oxygen atoms in total. The highest BCUT2D eigenvalue weighted by atomic mass is 79.9. The Morgan fingerprint density at radius 1 is 1.24 bits per heavy atom. The molecule has 1 aromatic heterocycles. The number of H-pyrrole nitrogens is 1. The fourth-order valence-corrected chi connectivity index (χ4v) is 4.79. The van der Waals surface area contributed by atoms with Gasteiger partial charge >= 0.3 is 0 Å². The van der Waals surface area contributed by atoms with Crippen molar-refractivity contribution in [2.24, 2.45) is 0 Å². The van der Waals surface area contributed by atoms with Gasteiger partial charge in [0.05, 0.1) is 5.69 Å². The van der Waals surface area contributed by atoms with Crippen LogP contribution in [0.1, 0.15) is 16.8 Å². The van der Waals surface area contributed by atoms with Crippen molar-refractivity contribution >= 4 is 50.0 Å². The number of rotatable bonds is 0. The molecule has 0 saturated carbocycles. The zero-order valence-corrected chi connectivity index (χ0v) is 15.8. The molecule has 0 aliphatic carbocycles. The fraction of sp³-hybridized carbons (Fsp3) is 0.211. The number of fused-ring (bicyclic) bond motifs is 6. The van der Waals surface area contributed by atoms with E-state index < -0.39 is 5.54 Å². The summed E-state index contributed by atoms with van der Waals surface area (Å²) < 4.78 is 0.960. The van der Waals surface area contributed by atoms with Crippen LogP contribution in [0.15, 0.2) is 40.9 Å². The normalized spacial score (nSPS) is 21.9. The van der Waals surface area contributed by atoms with E-state index in [2.05, 4.69) is 26.2 Å². The first-order chi connectivity index (χ1) is 12.0. The van der Waals surface area contributed by atoms with E-state index in [9.17, 15) is 4.79 Å². The van der Waals surface area contributed by atoms with Crippen LogP contribution in [-0.2, 0) is 16.8 Å². The van der Waals surface area contributed by atoms with Crippen molar-refractivity contribution in [2.75, 3.05) is 18.5 Å². The van der Waals surface area contributed by atoms with Crippen molar-refractivity contribution in [1.29, 1.82) is 0 Å². The summed E-state index contributed by atoms with van der Waals surface area (Å²) in [5.74, 6) is 0.0409. The summed E-state index contributed by atoms with van der Waals surface area (Å²) in [4.78, 5) is 18.6. The molecule has 2 aliphatic heterocycles. The Labute approximate surface area is 158 Å². The average molecular weight is 417 g/mol. The predicted octanol–water partition coefficient (Wildman–Crippen LogP) is 3.95. The minimum Gasteiger partial charge on any atom is -0.356 e. The molecule has 25 heavy (non-hydrogen) atoms. The second-order valence-electron chi connectivity index (χ2n) is 6.62. The van der Waals surface area contributed by atoms with Crippen LogP contribution in [0.3, 0.4) is 0 Å². The summed E-state index contributed by atoms with van der Waals surface area (Å²) in [5, 5.41) is 5.32. The van der Waals surface area contributed by atoms with Crippen LogP contribution in [0, 0.1) is 0 Å². The van der Waals surface area contributed by atoms with Crippen LogP contribution in [0.5, 0.6) is 0 Å². The summed E-state index contributed by atoms with van der Waals surface area (Å²) in [6, 6.07) is 11.8. The number of benzene rings is 2. The third kappa shape index (κ3) is 1.89. The number of nitrogens with zero attached hydrogens (tertiary/aromatic N) is 1.